The zero-order valence-electron chi connectivity index (χ0n) is 20.2. The van der Waals surface area contributed by atoms with E-state index in [-0.39, 0.29) is 30.1 Å². The molecule has 5 nitrogen and oxygen atoms in total. The van der Waals surface area contributed by atoms with Crippen molar-refractivity contribution in [3.8, 4) is 0 Å². The molecule has 1 fully saturated rings. The predicted molar refractivity (Wildman–Crippen MR) is 136 cm³/mol. The molecule has 2 heterocycles. The van der Waals surface area contributed by atoms with E-state index in [9.17, 15) is 4.79 Å². The summed E-state index contributed by atoms with van der Waals surface area (Å²) in [5, 5.41) is 0. The van der Waals surface area contributed by atoms with Gasteiger partial charge in [-0.15, -0.1) is 0 Å². The number of hydrogen-bond donors (Lipinski definition) is 0. The van der Waals surface area contributed by atoms with Crippen LogP contribution in [-0.4, -0.2) is 37.4 Å². The zero-order chi connectivity index (χ0) is 24.0. The fourth-order valence-electron chi connectivity index (χ4n) is 5.28. The van der Waals surface area contributed by atoms with Crippen LogP contribution in [0.5, 0.6) is 0 Å². The summed E-state index contributed by atoms with van der Waals surface area (Å²) in [6.07, 6.45) is 0.664. The number of carbonyl (C=O) groups excluding carboxylic acids is 1. The number of benzene rings is 3. The molecule has 0 N–H and O–H groups in total. The quantitative estimate of drug-likeness (QED) is 0.408. The fourth-order valence-corrected chi connectivity index (χ4v) is 5.28. The van der Waals surface area contributed by atoms with E-state index in [4.69, 9.17) is 14.2 Å². The van der Waals surface area contributed by atoms with Crippen LogP contribution in [-0.2, 0) is 38.6 Å². The summed E-state index contributed by atoms with van der Waals surface area (Å²) >= 11 is 0. The molecule has 5 heteroatoms. The molecule has 4 atom stereocenters. The Morgan fingerprint density at radius 2 is 1.57 bits per heavy atom. The van der Waals surface area contributed by atoms with Crippen molar-refractivity contribution in [2.45, 2.75) is 51.4 Å². The molecule has 0 aromatic heterocycles. The van der Waals surface area contributed by atoms with Crippen molar-refractivity contribution in [1.29, 1.82) is 0 Å². The number of ether oxygens (including phenoxy) is 3. The lowest BCUT2D eigenvalue weighted by molar-refractivity contribution is -0.119. The van der Waals surface area contributed by atoms with Crippen molar-refractivity contribution < 1.29 is 19.0 Å². The van der Waals surface area contributed by atoms with Crippen LogP contribution in [0.2, 0.25) is 0 Å². The minimum absolute atomic E-state index is 0.0762. The van der Waals surface area contributed by atoms with Gasteiger partial charge in [-0.1, -0.05) is 78.9 Å². The monoisotopic (exact) mass is 471 g/mol. The Labute approximate surface area is 207 Å². The molecule has 5 rings (SSSR count). The number of hydrogen-bond acceptors (Lipinski definition) is 5. The standard InChI is InChI=1S/C30H33NO4/c1-22(32)18-26-29(34-20-24-12-6-3-7-13-24)28(21-33-19-23-10-4-2-5-11-23)35-30(26)31-17-16-25-14-8-9-15-27(25)31/h2-15,26,28-30H,16-21H2,1H3/t26-,28+,29+,30-/m0/s1. The highest BCUT2D eigenvalue weighted by atomic mass is 16.6. The number of nitrogens with zero attached hydrogens (tertiary/aromatic N) is 1. The van der Waals surface area contributed by atoms with Gasteiger partial charge in [-0.05, 0) is 36.1 Å². The van der Waals surface area contributed by atoms with Gasteiger partial charge in [0.25, 0.3) is 0 Å². The van der Waals surface area contributed by atoms with E-state index >= 15 is 0 Å². The molecule has 0 unspecified atom stereocenters. The number of rotatable bonds is 10. The van der Waals surface area contributed by atoms with Crippen LogP contribution in [0.1, 0.15) is 30.0 Å². The van der Waals surface area contributed by atoms with Gasteiger partial charge in [0.15, 0.2) is 0 Å². The van der Waals surface area contributed by atoms with Gasteiger partial charge >= 0.3 is 0 Å². The minimum atomic E-state index is -0.260. The third-order valence-corrected chi connectivity index (χ3v) is 6.90. The van der Waals surface area contributed by atoms with Crippen molar-refractivity contribution in [2.24, 2.45) is 5.92 Å². The molecule has 2 aliphatic rings. The Hall–Kier alpha value is -2.99. The molecule has 0 radical (unpaired) electrons. The molecule has 0 bridgehead atoms. The smallest absolute Gasteiger partial charge is 0.136 e. The maximum Gasteiger partial charge on any atom is 0.136 e. The average molecular weight is 472 g/mol. The van der Waals surface area contributed by atoms with E-state index in [0.29, 0.717) is 26.2 Å². The van der Waals surface area contributed by atoms with Crippen LogP contribution in [0.3, 0.4) is 0 Å². The predicted octanol–water partition coefficient (Wildman–Crippen LogP) is 5.17. The van der Waals surface area contributed by atoms with Crippen molar-refractivity contribution in [1.82, 2.24) is 0 Å². The van der Waals surface area contributed by atoms with Crippen LogP contribution >= 0.6 is 0 Å². The molecule has 3 aromatic rings. The van der Waals surface area contributed by atoms with Crippen molar-refractivity contribution in [2.75, 3.05) is 18.1 Å². The van der Waals surface area contributed by atoms with Crippen molar-refractivity contribution in [3.05, 3.63) is 102 Å². The van der Waals surface area contributed by atoms with Gasteiger partial charge in [-0.25, -0.2) is 0 Å². The molecular weight excluding hydrogens is 438 g/mol. The van der Waals surface area contributed by atoms with Gasteiger partial charge in [0.05, 0.1) is 25.9 Å². The first-order chi connectivity index (χ1) is 17.2. The highest BCUT2D eigenvalue weighted by Crippen LogP contribution is 2.40. The first kappa shape index (κ1) is 23.7. The molecular formula is C30H33NO4. The van der Waals surface area contributed by atoms with Crippen LogP contribution in [0.25, 0.3) is 0 Å². The topological polar surface area (TPSA) is 48.0 Å². The summed E-state index contributed by atoms with van der Waals surface area (Å²) in [5.41, 5.74) is 4.74. The fraction of sp³-hybridized carbons (Fsp3) is 0.367. The molecule has 0 amide bonds. The van der Waals surface area contributed by atoms with Crippen LogP contribution in [0.4, 0.5) is 5.69 Å². The largest absolute Gasteiger partial charge is 0.374 e. The second-order valence-corrected chi connectivity index (χ2v) is 9.47. The number of para-hydroxylation sites is 1. The van der Waals surface area contributed by atoms with E-state index in [1.807, 2.05) is 36.4 Å². The van der Waals surface area contributed by atoms with E-state index in [0.717, 1.165) is 24.1 Å². The molecule has 0 spiro atoms. The Bertz CT molecular complexity index is 1100. The molecule has 35 heavy (non-hydrogen) atoms. The number of ketones is 1. The Balaban J connectivity index is 1.37. The van der Waals surface area contributed by atoms with Gasteiger partial charge in [-0.2, -0.15) is 0 Å². The summed E-state index contributed by atoms with van der Waals surface area (Å²) in [4.78, 5) is 14.7. The molecule has 0 aliphatic carbocycles. The maximum atomic E-state index is 12.4. The maximum absolute atomic E-state index is 12.4. The number of anilines is 1. The first-order valence-corrected chi connectivity index (χ1v) is 12.5. The third-order valence-electron chi connectivity index (χ3n) is 6.90. The van der Waals surface area contributed by atoms with E-state index in [2.05, 4.69) is 53.4 Å². The summed E-state index contributed by atoms with van der Waals surface area (Å²) in [5.74, 6) is 0.0722. The first-order valence-electron chi connectivity index (χ1n) is 12.5. The normalized spacial score (nSPS) is 23.4. The number of fused-ring (bicyclic) bond motifs is 1. The molecule has 0 saturated carbocycles. The molecule has 2 aliphatic heterocycles. The average Bonchev–Trinajstić information content (AvgIpc) is 3.45. The van der Waals surface area contributed by atoms with E-state index in [1.54, 1.807) is 6.92 Å². The number of Topliss-reactive ketones (excluding diaryl/α,β-unsaturated/α-hetero) is 1. The van der Waals surface area contributed by atoms with Gasteiger partial charge in [-0.3, -0.25) is 0 Å². The summed E-state index contributed by atoms with van der Waals surface area (Å²) in [6, 6.07) is 28.8. The lowest BCUT2D eigenvalue weighted by atomic mass is 9.93. The lowest BCUT2D eigenvalue weighted by Gasteiger charge is -2.31. The van der Waals surface area contributed by atoms with Crippen molar-refractivity contribution >= 4 is 11.5 Å². The molecule has 3 aromatic carbocycles. The minimum Gasteiger partial charge on any atom is -0.374 e. The molecule has 1 saturated heterocycles. The second kappa shape index (κ2) is 11.2. The molecule has 182 valence electrons. The van der Waals surface area contributed by atoms with Gasteiger partial charge in [0, 0.05) is 24.6 Å². The summed E-state index contributed by atoms with van der Waals surface area (Å²) in [7, 11) is 0. The van der Waals surface area contributed by atoms with Gasteiger partial charge in [0.1, 0.15) is 18.1 Å². The van der Waals surface area contributed by atoms with Crippen LogP contribution in [0.15, 0.2) is 84.9 Å². The van der Waals surface area contributed by atoms with Gasteiger partial charge in [0.2, 0.25) is 0 Å². The van der Waals surface area contributed by atoms with Crippen LogP contribution < -0.4 is 4.90 Å². The summed E-state index contributed by atoms with van der Waals surface area (Å²) < 4.78 is 19.3. The highest BCUT2D eigenvalue weighted by Gasteiger charge is 2.49. The highest BCUT2D eigenvalue weighted by molar-refractivity contribution is 5.76. The Kier molecular flexibility index (Phi) is 7.57. The Morgan fingerprint density at radius 1 is 0.914 bits per heavy atom. The third kappa shape index (κ3) is 5.64. The van der Waals surface area contributed by atoms with Crippen molar-refractivity contribution in [3.63, 3.8) is 0 Å². The number of carbonyl (C=O) groups is 1. The Morgan fingerprint density at radius 3 is 2.29 bits per heavy atom. The van der Waals surface area contributed by atoms with Crippen LogP contribution in [0, 0.1) is 5.92 Å². The lowest BCUT2D eigenvalue weighted by Crippen LogP contribution is -2.41. The van der Waals surface area contributed by atoms with E-state index in [1.165, 1.54) is 11.3 Å². The summed E-state index contributed by atoms with van der Waals surface area (Å²) in [6.45, 7) is 3.93. The van der Waals surface area contributed by atoms with Gasteiger partial charge < -0.3 is 23.9 Å². The van der Waals surface area contributed by atoms with E-state index < -0.39 is 0 Å². The zero-order valence-corrected chi connectivity index (χ0v) is 20.2. The SMILES string of the molecule is CC(=O)C[C@H]1[C@@H](OCc2ccccc2)[C@@H](COCc2ccccc2)O[C@@H]1N1CCc2ccccc21. The second-order valence-electron chi connectivity index (χ2n) is 9.47.